The first-order valence-electron chi connectivity index (χ1n) is 8.12. The highest BCUT2D eigenvalue weighted by molar-refractivity contribution is 6.09. The topological polar surface area (TPSA) is 75.4 Å². The minimum absolute atomic E-state index is 0. The van der Waals surface area contributed by atoms with Gasteiger partial charge in [-0.3, -0.25) is 9.59 Å². The molecule has 0 unspecified atom stereocenters. The number of hydrogen-bond acceptors (Lipinski definition) is 3. The minimum Gasteiger partial charge on any atom is -0.399 e. The van der Waals surface area contributed by atoms with E-state index < -0.39 is 0 Å². The lowest BCUT2D eigenvalue weighted by Gasteiger charge is -2.19. The van der Waals surface area contributed by atoms with Crippen LogP contribution in [-0.2, 0) is 0 Å². The van der Waals surface area contributed by atoms with Crippen LogP contribution in [0.5, 0.6) is 0 Å². The molecule has 2 aromatic rings. The van der Waals surface area contributed by atoms with Gasteiger partial charge in [-0.25, -0.2) is 0 Å². The van der Waals surface area contributed by atoms with E-state index in [9.17, 15) is 9.59 Å². The first-order valence-corrected chi connectivity index (χ1v) is 8.12. The molecule has 1 aliphatic heterocycles. The largest absolute Gasteiger partial charge is 0.399 e. The Kier molecular flexibility index (Phi) is 6.04. The van der Waals surface area contributed by atoms with Crippen LogP contribution in [0.2, 0.25) is 0 Å². The second-order valence-corrected chi connectivity index (χ2v) is 6.07. The lowest BCUT2D eigenvalue weighted by Crippen LogP contribution is -2.29. The summed E-state index contributed by atoms with van der Waals surface area (Å²) in [5, 5.41) is 2.86. The highest BCUT2D eigenvalue weighted by Crippen LogP contribution is 2.24. The second kappa shape index (κ2) is 8.03. The molecule has 1 saturated heterocycles. The van der Waals surface area contributed by atoms with Crippen LogP contribution in [0.4, 0.5) is 11.4 Å². The van der Waals surface area contributed by atoms with Gasteiger partial charge in [-0.05, 0) is 55.7 Å². The van der Waals surface area contributed by atoms with Crippen molar-refractivity contribution in [1.29, 1.82) is 0 Å². The van der Waals surface area contributed by atoms with Gasteiger partial charge < -0.3 is 16.0 Å². The second-order valence-electron chi connectivity index (χ2n) is 6.07. The molecular formula is C19H22ClN3O2. The van der Waals surface area contributed by atoms with Crippen molar-refractivity contribution in [3.63, 3.8) is 0 Å². The van der Waals surface area contributed by atoms with E-state index in [0.29, 0.717) is 22.5 Å². The SMILES string of the molecule is Cc1cccc(NC(=O)c2ccc(N)cc2)c1C(=O)N1CCCC1.Cl. The zero-order chi connectivity index (χ0) is 17.1. The Morgan fingerprint density at radius 1 is 1.04 bits per heavy atom. The van der Waals surface area contributed by atoms with Crippen molar-refractivity contribution in [2.24, 2.45) is 0 Å². The third-order valence-corrected chi connectivity index (χ3v) is 4.30. The quantitative estimate of drug-likeness (QED) is 0.824. The Hall–Kier alpha value is -2.53. The van der Waals surface area contributed by atoms with Crippen LogP contribution in [0, 0.1) is 6.92 Å². The lowest BCUT2D eigenvalue weighted by atomic mass is 10.0. The predicted molar refractivity (Wildman–Crippen MR) is 102 cm³/mol. The highest BCUT2D eigenvalue weighted by Gasteiger charge is 2.24. The van der Waals surface area contributed by atoms with E-state index in [1.54, 1.807) is 30.3 Å². The molecular weight excluding hydrogens is 338 g/mol. The van der Waals surface area contributed by atoms with Gasteiger partial charge in [-0.2, -0.15) is 0 Å². The molecule has 0 bridgehead atoms. The predicted octanol–water partition coefficient (Wildman–Crippen LogP) is 3.49. The molecule has 0 spiro atoms. The Morgan fingerprint density at radius 3 is 2.32 bits per heavy atom. The van der Waals surface area contributed by atoms with Crippen molar-refractivity contribution < 1.29 is 9.59 Å². The number of carbonyl (C=O) groups is 2. The molecule has 5 nitrogen and oxygen atoms in total. The Balaban J connectivity index is 0.00000225. The number of hydrogen-bond donors (Lipinski definition) is 2. The van der Waals surface area contributed by atoms with Crippen molar-refractivity contribution in [2.45, 2.75) is 19.8 Å². The Bertz CT molecular complexity index is 769. The van der Waals surface area contributed by atoms with Gasteiger partial charge in [-0.15, -0.1) is 12.4 Å². The number of benzene rings is 2. The molecule has 25 heavy (non-hydrogen) atoms. The van der Waals surface area contributed by atoms with E-state index in [2.05, 4.69) is 5.32 Å². The molecule has 3 rings (SSSR count). The standard InChI is InChI=1S/C19H21N3O2.ClH/c1-13-5-4-6-16(17(13)19(24)22-11-2-3-12-22)21-18(23)14-7-9-15(20)10-8-14;/h4-10H,2-3,11-12,20H2,1H3,(H,21,23);1H. The molecule has 0 aliphatic carbocycles. The van der Waals surface area contributed by atoms with Gasteiger partial charge in [0.2, 0.25) is 0 Å². The lowest BCUT2D eigenvalue weighted by molar-refractivity contribution is 0.0793. The molecule has 0 atom stereocenters. The van der Waals surface area contributed by atoms with Crippen LogP contribution in [0.25, 0.3) is 0 Å². The van der Waals surface area contributed by atoms with Crippen molar-refractivity contribution >= 4 is 35.6 Å². The van der Waals surface area contributed by atoms with Crippen molar-refractivity contribution in [3.05, 3.63) is 59.2 Å². The summed E-state index contributed by atoms with van der Waals surface area (Å²) in [7, 11) is 0. The third-order valence-electron chi connectivity index (χ3n) is 4.30. The number of likely N-dealkylation sites (tertiary alicyclic amines) is 1. The molecule has 0 radical (unpaired) electrons. The normalized spacial score (nSPS) is 13.2. The van der Waals surface area contributed by atoms with Crippen LogP contribution in [0.3, 0.4) is 0 Å². The van der Waals surface area contributed by atoms with E-state index >= 15 is 0 Å². The molecule has 1 heterocycles. The van der Waals surface area contributed by atoms with Gasteiger partial charge >= 0.3 is 0 Å². The maximum absolute atomic E-state index is 12.8. The fraction of sp³-hybridized carbons (Fsp3) is 0.263. The summed E-state index contributed by atoms with van der Waals surface area (Å²) in [5.74, 6) is -0.269. The van der Waals surface area contributed by atoms with E-state index in [1.807, 2.05) is 24.0 Å². The summed E-state index contributed by atoms with van der Waals surface area (Å²) in [4.78, 5) is 27.1. The molecule has 0 aromatic heterocycles. The average molecular weight is 360 g/mol. The molecule has 0 saturated carbocycles. The number of halogens is 1. The average Bonchev–Trinajstić information content (AvgIpc) is 3.09. The zero-order valence-corrected chi connectivity index (χ0v) is 14.9. The Labute approximate surface area is 153 Å². The first-order chi connectivity index (χ1) is 11.6. The number of anilines is 2. The Morgan fingerprint density at radius 2 is 1.68 bits per heavy atom. The molecule has 1 fully saturated rings. The van der Waals surface area contributed by atoms with Crippen LogP contribution < -0.4 is 11.1 Å². The van der Waals surface area contributed by atoms with Gasteiger partial charge in [-0.1, -0.05) is 12.1 Å². The van der Waals surface area contributed by atoms with E-state index in [4.69, 9.17) is 5.73 Å². The maximum atomic E-state index is 12.8. The smallest absolute Gasteiger partial charge is 0.256 e. The number of nitrogens with two attached hydrogens (primary N) is 1. The van der Waals surface area contributed by atoms with Crippen molar-refractivity contribution in [1.82, 2.24) is 4.90 Å². The maximum Gasteiger partial charge on any atom is 0.256 e. The first kappa shape index (κ1) is 18.8. The summed E-state index contributed by atoms with van der Waals surface area (Å²) in [6, 6.07) is 12.2. The van der Waals surface area contributed by atoms with Crippen LogP contribution >= 0.6 is 12.4 Å². The summed E-state index contributed by atoms with van der Waals surface area (Å²) < 4.78 is 0. The van der Waals surface area contributed by atoms with Crippen LogP contribution in [0.1, 0.15) is 39.1 Å². The van der Waals surface area contributed by atoms with Gasteiger partial charge in [0, 0.05) is 24.3 Å². The van der Waals surface area contributed by atoms with Crippen molar-refractivity contribution in [3.8, 4) is 0 Å². The number of aryl methyl sites for hydroxylation is 1. The van der Waals surface area contributed by atoms with Gasteiger partial charge in [0.05, 0.1) is 11.3 Å². The monoisotopic (exact) mass is 359 g/mol. The fourth-order valence-electron chi connectivity index (χ4n) is 2.96. The third kappa shape index (κ3) is 4.12. The highest BCUT2D eigenvalue weighted by atomic mass is 35.5. The van der Waals surface area contributed by atoms with E-state index in [-0.39, 0.29) is 24.2 Å². The van der Waals surface area contributed by atoms with Crippen LogP contribution in [0.15, 0.2) is 42.5 Å². The van der Waals surface area contributed by atoms with Gasteiger partial charge in [0.1, 0.15) is 0 Å². The zero-order valence-electron chi connectivity index (χ0n) is 14.1. The molecule has 3 N–H and O–H groups in total. The minimum atomic E-state index is -0.254. The number of carbonyl (C=O) groups excluding carboxylic acids is 2. The molecule has 2 amide bonds. The van der Waals surface area contributed by atoms with Gasteiger partial charge in [0.25, 0.3) is 11.8 Å². The van der Waals surface area contributed by atoms with E-state index in [1.165, 1.54) is 0 Å². The number of rotatable bonds is 3. The van der Waals surface area contributed by atoms with Crippen molar-refractivity contribution in [2.75, 3.05) is 24.1 Å². The molecule has 1 aliphatic rings. The van der Waals surface area contributed by atoms with E-state index in [0.717, 1.165) is 31.5 Å². The number of nitrogens with one attached hydrogen (secondary N) is 1. The number of nitrogen functional groups attached to an aromatic ring is 1. The summed E-state index contributed by atoms with van der Waals surface area (Å²) in [6.07, 6.45) is 2.06. The summed E-state index contributed by atoms with van der Waals surface area (Å²) in [5.41, 5.74) is 8.74. The molecule has 6 heteroatoms. The fourth-order valence-corrected chi connectivity index (χ4v) is 2.96. The summed E-state index contributed by atoms with van der Waals surface area (Å²) in [6.45, 7) is 3.44. The van der Waals surface area contributed by atoms with Crippen LogP contribution in [-0.4, -0.2) is 29.8 Å². The number of amides is 2. The summed E-state index contributed by atoms with van der Waals surface area (Å²) >= 11 is 0. The van der Waals surface area contributed by atoms with Gasteiger partial charge in [0.15, 0.2) is 0 Å². The molecule has 132 valence electrons. The molecule has 2 aromatic carbocycles. The number of nitrogens with zero attached hydrogens (tertiary/aromatic N) is 1.